The average Bonchev–Trinajstić information content (AvgIpc) is 2.68. The van der Waals surface area contributed by atoms with E-state index in [0.29, 0.717) is 0 Å². The number of nitrogens with one attached hydrogen (secondary N) is 1. The summed E-state index contributed by atoms with van der Waals surface area (Å²) in [6.45, 7) is 7.70. The van der Waals surface area contributed by atoms with E-state index < -0.39 is 28.0 Å². The highest BCUT2D eigenvalue weighted by Crippen LogP contribution is 2.27. The Bertz CT molecular complexity index is 1070. The van der Waals surface area contributed by atoms with Gasteiger partial charge in [0.15, 0.2) is 6.10 Å². The van der Waals surface area contributed by atoms with E-state index in [1.165, 1.54) is 25.3 Å². The molecular formula is C21H25N3O5S. The zero-order valence-electron chi connectivity index (χ0n) is 17.4. The van der Waals surface area contributed by atoms with Gasteiger partial charge < -0.3 is 15.0 Å². The molecule has 0 bridgehead atoms. The van der Waals surface area contributed by atoms with Gasteiger partial charge in [0.05, 0.1) is 11.3 Å². The average molecular weight is 432 g/mol. The van der Waals surface area contributed by atoms with Gasteiger partial charge in [-0.05, 0) is 43.0 Å². The van der Waals surface area contributed by atoms with Crippen LogP contribution in [0.15, 0.2) is 46.5 Å². The summed E-state index contributed by atoms with van der Waals surface area (Å²) < 4.78 is 32.1. The van der Waals surface area contributed by atoms with Crippen molar-refractivity contribution in [3.63, 3.8) is 0 Å². The Hall–Kier alpha value is -2.94. The number of esters is 1. The Morgan fingerprint density at radius 3 is 2.63 bits per heavy atom. The van der Waals surface area contributed by atoms with Crippen molar-refractivity contribution in [1.29, 1.82) is 0 Å². The molecule has 2 aliphatic heterocycles. The normalized spacial score (nSPS) is 18.2. The van der Waals surface area contributed by atoms with Crippen molar-refractivity contribution in [3.8, 4) is 0 Å². The first-order valence-corrected chi connectivity index (χ1v) is 11.3. The lowest BCUT2D eigenvalue weighted by Crippen LogP contribution is -2.37. The lowest BCUT2D eigenvalue weighted by molar-refractivity contribution is -0.149. The topological polar surface area (TPSA) is 105 Å². The van der Waals surface area contributed by atoms with Crippen LogP contribution in [-0.2, 0) is 24.3 Å². The second-order valence-corrected chi connectivity index (χ2v) is 9.33. The summed E-state index contributed by atoms with van der Waals surface area (Å²) in [5.41, 5.74) is 2.88. The highest BCUT2D eigenvalue weighted by atomic mass is 32.2. The quantitative estimate of drug-likeness (QED) is 0.718. The van der Waals surface area contributed by atoms with E-state index in [1.54, 1.807) is 4.90 Å². The third kappa shape index (κ3) is 4.79. The number of aryl methyl sites for hydroxylation is 1. The summed E-state index contributed by atoms with van der Waals surface area (Å²) in [6.07, 6.45) is 3.35. The first kappa shape index (κ1) is 21.8. The Balaban J connectivity index is 1.68. The standard InChI is InChI=1S/C21H25N3O5S/c1-13(2)17-7-5-6-14(3)19(17)22-20(25)15(4)29-21(26)16-8-9-18-23-30(27,28)11-10-24(18)12-16/h5-9,12-13,15H,10-11H2,1-4H3,(H,22,25). The number of hydrogen-bond acceptors (Lipinski definition) is 6. The maximum absolute atomic E-state index is 12.6. The van der Waals surface area contributed by atoms with Crippen molar-refractivity contribution in [2.24, 2.45) is 4.40 Å². The largest absolute Gasteiger partial charge is 0.449 e. The number of sulfonamides is 1. The van der Waals surface area contributed by atoms with Crippen molar-refractivity contribution in [3.05, 3.63) is 53.3 Å². The van der Waals surface area contributed by atoms with Gasteiger partial charge in [-0.15, -0.1) is 4.40 Å². The van der Waals surface area contributed by atoms with Gasteiger partial charge >= 0.3 is 5.97 Å². The minimum absolute atomic E-state index is 0.128. The molecule has 9 heteroatoms. The fourth-order valence-electron chi connectivity index (χ4n) is 3.17. The monoisotopic (exact) mass is 431 g/mol. The molecule has 1 amide bonds. The van der Waals surface area contributed by atoms with Gasteiger partial charge in [-0.3, -0.25) is 4.79 Å². The lowest BCUT2D eigenvalue weighted by Gasteiger charge is -2.27. The number of hydrogen-bond donors (Lipinski definition) is 1. The van der Waals surface area contributed by atoms with Gasteiger partial charge in [0.25, 0.3) is 15.9 Å². The predicted octanol–water partition coefficient (Wildman–Crippen LogP) is 2.49. The number of fused-ring (bicyclic) bond motifs is 1. The molecule has 1 atom stereocenters. The maximum Gasteiger partial charge on any atom is 0.340 e. The van der Waals surface area contributed by atoms with Crippen LogP contribution in [0.25, 0.3) is 0 Å². The van der Waals surface area contributed by atoms with Gasteiger partial charge in [-0.25, -0.2) is 13.2 Å². The number of benzene rings is 1. The summed E-state index contributed by atoms with van der Waals surface area (Å²) in [7, 11) is -3.47. The first-order valence-electron chi connectivity index (χ1n) is 9.68. The highest BCUT2D eigenvalue weighted by Gasteiger charge is 2.27. The van der Waals surface area contributed by atoms with Crippen molar-refractivity contribution in [1.82, 2.24) is 4.90 Å². The van der Waals surface area contributed by atoms with Crippen LogP contribution in [0, 0.1) is 6.92 Å². The molecule has 0 fully saturated rings. The van der Waals surface area contributed by atoms with E-state index in [2.05, 4.69) is 9.71 Å². The van der Waals surface area contributed by atoms with Crippen LogP contribution < -0.4 is 5.32 Å². The number of rotatable bonds is 5. The molecule has 8 nitrogen and oxygen atoms in total. The molecule has 0 saturated heterocycles. The summed E-state index contributed by atoms with van der Waals surface area (Å²) in [5, 5.41) is 2.87. The number of amidine groups is 1. The van der Waals surface area contributed by atoms with Crippen molar-refractivity contribution in [2.45, 2.75) is 39.7 Å². The van der Waals surface area contributed by atoms with Gasteiger partial charge in [0.1, 0.15) is 5.84 Å². The third-order valence-corrected chi connectivity index (χ3v) is 6.05. The molecule has 30 heavy (non-hydrogen) atoms. The molecule has 0 spiro atoms. The zero-order valence-corrected chi connectivity index (χ0v) is 18.2. The number of anilines is 1. The molecule has 2 aliphatic rings. The van der Waals surface area contributed by atoms with Crippen LogP contribution in [0.4, 0.5) is 5.69 Å². The van der Waals surface area contributed by atoms with E-state index in [4.69, 9.17) is 4.74 Å². The van der Waals surface area contributed by atoms with Crippen molar-refractivity contribution < 1.29 is 22.7 Å². The summed E-state index contributed by atoms with van der Waals surface area (Å²) in [5.74, 6) is -0.748. The number of ether oxygens (including phenoxy) is 1. The van der Waals surface area contributed by atoms with Crippen molar-refractivity contribution >= 4 is 33.4 Å². The number of nitrogens with zero attached hydrogens (tertiary/aromatic N) is 2. The molecule has 2 heterocycles. The van der Waals surface area contributed by atoms with Gasteiger partial charge in [-0.2, -0.15) is 0 Å². The Kier molecular flexibility index (Phi) is 6.12. The van der Waals surface area contributed by atoms with E-state index in [1.807, 2.05) is 39.0 Å². The lowest BCUT2D eigenvalue weighted by atomic mass is 9.98. The Morgan fingerprint density at radius 2 is 1.93 bits per heavy atom. The number of amides is 1. The number of carbonyl (C=O) groups is 2. The van der Waals surface area contributed by atoms with Crippen LogP contribution in [0.5, 0.6) is 0 Å². The van der Waals surface area contributed by atoms with Crippen molar-refractivity contribution in [2.75, 3.05) is 17.6 Å². The highest BCUT2D eigenvalue weighted by molar-refractivity contribution is 7.90. The van der Waals surface area contributed by atoms with Crippen LogP contribution in [0.3, 0.4) is 0 Å². The second-order valence-electron chi connectivity index (χ2n) is 7.58. The molecule has 1 aromatic carbocycles. The van der Waals surface area contributed by atoms with Gasteiger partial charge in [0.2, 0.25) is 0 Å². The van der Waals surface area contributed by atoms with E-state index in [9.17, 15) is 18.0 Å². The maximum atomic E-state index is 12.6. The smallest absolute Gasteiger partial charge is 0.340 e. The third-order valence-electron chi connectivity index (χ3n) is 4.89. The molecule has 0 saturated carbocycles. The van der Waals surface area contributed by atoms with E-state index in [0.717, 1.165) is 16.8 Å². The van der Waals surface area contributed by atoms with Crippen LogP contribution in [-0.4, -0.2) is 49.4 Å². The SMILES string of the molecule is Cc1cccc(C(C)C)c1NC(=O)C(C)OC(=O)C1=CN2CCS(=O)(=O)N=C2C=C1. The number of carbonyl (C=O) groups excluding carboxylic acids is 2. The van der Waals surface area contributed by atoms with E-state index in [-0.39, 0.29) is 29.6 Å². The summed E-state index contributed by atoms with van der Waals surface area (Å²) in [4.78, 5) is 26.7. The van der Waals surface area contributed by atoms with Gasteiger partial charge in [0, 0.05) is 18.4 Å². The fourth-order valence-corrected chi connectivity index (χ4v) is 4.14. The molecule has 1 N–H and O–H groups in total. The molecule has 0 aromatic heterocycles. The zero-order chi connectivity index (χ0) is 22.1. The molecule has 1 unspecified atom stereocenters. The van der Waals surface area contributed by atoms with E-state index >= 15 is 0 Å². The Morgan fingerprint density at radius 1 is 1.20 bits per heavy atom. The molecule has 1 aromatic rings. The number of para-hydroxylation sites is 1. The fraction of sp³-hybridized carbons (Fsp3) is 0.381. The van der Waals surface area contributed by atoms with Crippen LogP contribution in [0.2, 0.25) is 0 Å². The molecule has 0 aliphatic carbocycles. The van der Waals surface area contributed by atoms with Gasteiger partial charge in [-0.1, -0.05) is 32.0 Å². The van der Waals surface area contributed by atoms with Crippen LogP contribution in [0.1, 0.15) is 37.8 Å². The molecule has 0 radical (unpaired) electrons. The minimum atomic E-state index is -3.47. The Labute approximate surface area is 176 Å². The molecular weight excluding hydrogens is 406 g/mol. The molecule has 160 valence electrons. The van der Waals surface area contributed by atoms with Crippen LogP contribution >= 0.6 is 0 Å². The summed E-state index contributed by atoms with van der Waals surface area (Å²) >= 11 is 0. The summed E-state index contributed by atoms with van der Waals surface area (Å²) in [6, 6.07) is 5.81. The molecule has 3 rings (SSSR count). The minimum Gasteiger partial charge on any atom is -0.449 e. The second kappa shape index (κ2) is 8.43. The predicted molar refractivity (Wildman–Crippen MR) is 115 cm³/mol. The first-order chi connectivity index (χ1) is 14.1.